The zero-order valence-electron chi connectivity index (χ0n) is 22.4. The minimum absolute atomic E-state index is 0.00217. The number of ether oxygens (including phenoxy) is 1. The van der Waals surface area contributed by atoms with E-state index in [1.165, 1.54) is 0 Å². The molecule has 0 aliphatic carbocycles. The number of aliphatic carboxylic acids is 1. The highest BCUT2D eigenvalue weighted by Crippen LogP contribution is 2.25. The number of amidine groups is 1. The summed E-state index contributed by atoms with van der Waals surface area (Å²) in [6.45, 7) is 2.30. The van der Waals surface area contributed by atoms with Crippen LogP contribution in [0.3, 0.4) is 0 Å². The third kappa shape index (κ3) is 6.64. The Bertz CT molecular complexity index is 1470. The van der Waals surface area contributed by atoms with Crippen molar-refractivity contribution in [3.8, 4) is 0 Å². The summed E-state index contributed by atoms with van der Waals surface area (Å²) in [6.07, 6.45) is -1.40. The molecule has 8 N–H and O–H groups in total. The Morgan fingerprint density at radius 1 is 1.10 bits per heavy atom. The van der Waals surface area contributed by atoms with E-state index in [-0.39, 0.29) is 35.3 Å². The van der Waals surface area contributed by atoms with Crippen LogP contribution in [0.4, 0.5) is 5.69 Å². The number of carbonyl (C=O) groups is 4. The largest absolute Gasteiger partial charge is 0.478 e. The van der Waals surface area contributed by atoms with Gasteiger partial charge in [0.05, 0.1) is 11.8 Å². The van der Waals surface area contributed by atoms with E-state index in [1.807, 2.05) is 0 Å². The van der Waals surface area contributed by atoms with E-state index in [0.29, 0.717) is 48.0 Å². The summed E-state index contributed by atoms with van der Waals surface area (Å²) in [5.74, 6) is -3.13. The number of carboxylic acids is 1. The number of carboxylic acid groups (broad SMARTS) is 1. The maximum Gasteiger partial charge on any atom is 0.354 e. The molecule has 2 atom stereocenters. The van der Waals surface area contributed by atoms with Gasteiger partial charge >= 0.3 is 5.97 Å². The van der Waals surface area contributed by atoms with Gasteiger partial charge in [0.15, 0.2) is 11.6 Å². The first-order valence-corrected chi connectivity index (χ1v) is 13.0. The van der Waals surface area contributed by atoms with E-state index in [2.05, 4.69) is 15.5 Å². The van der Waals surface area contributed by atoms with Crippen LogP contribution in [0.2, 0.25) is 0 Å². The van der Waals surface area contributed by atoms with Crippen LogP contribution < -0.4 is 16.8 Å². The van der Waals surface area contributed by atoms with Crippen LogP contribution in [0, 0.1) is 5.92 Å². The first kappa shape index (κ1) is 29.1. The summed E-state index contributed by atoms with van der Waals surface area (Å²) >= 11 is 0. The third-order valence-corrected chi connectivity index (χ3v) is 7.07. The van der Waals surface area contributed by atoms with Gasteiger partial charge in [-0.25, -0.2) is 4.79 Å². The number of rotatable bonds is 10. The number of oxime groups is 1. The van der Waals surface area contributed by atoms with E-state index in [1.54, 1.807) is 60.4 Å². The molecular formula is C28H32N6O7. The van der Waals surface area contributed by atoms with Gasteiger partial charge in [-0.2, -0.15) is 0 Å². The predicted molar refractivity (Wildman–Crippen MR) is 149 cm³/mol. The molecule has 216 valence electrons. The van der Waals surface area contributed by atoms with E-state index in [4.69, 9.17) is 21.4 Å². The smallest absolute Gasteiger partial charge is 0.354 e. The van der Waals surface area contributed by atoms with Gasteiger partial charge in [0.2, 0.25) is 12.1 Å². The van der Waals surface area contributed by atoms with Crippen molar-refractivity contribution in [3.05, 3.63) is 65.4 Å². The third-order valence-electron chi connectivity index (χ3n) is 7.07. The van der Waals surface area contributed by atoms with Gasteiger partial charge in [0.25, 0.3) is 5.91 Å². The van der Waals surface area contributed by atoms with E-state index < -0.39 is 30.1 Å². The monoisotopic (exact) mass is 564 g/mol. The summed E-state index contributed by atoms with van der Waals surface area (Å²) in [7, 11) is 0. The van der Waals surface area contributed by atoms with Crippen molar-refractivity contribution >= 4 is 46.0 Å². The number of carbonyl (C=O) groups excluding carboxylic acids is 3. The van der Waals surface area contributed by atoms with Crippen molar-refractivity contribution in [1.82, 2.24) is 15.2 Å². The van der Waals surface area contributed by atoms with Crippen molar-refractivity contribution < 1.29 is 34.2 Å². The van der Waals surface area contributed by atoms with E-state index >= 15 is 0 Å². The summed E-state index contributed by atoms with van der Waals surface area (Å²) in [5, 5.41) is 24.4. The second kappa shape index (κ2) is 12.5. The van der Waals surface area contributed by atoms with E-state index in [0.717, 1.165) is 0 Å². The minimum Gasteiger partial charge on any atom is -0.478 e. The van der Waals surface area contributed by atoms with E-state index in [9.17, 15) is 24.3 Å². The number of hydrogen-bond donors (Lipinski definition) is 6. The zero-order valence-corrected chi connectivity index (χ0v) is 22.4. The average Bonchev–Trinajstić information content (AvgIpc) is 3.32. The van der Waals surface area contributed by atoms with Crippen LogP contribution >= 0.6 is 0 Å². The number of nitrogen functional groups attached to an aromatic ring is 1. The standard InChI is InChI=1S/C28H32N6O7/c1-15(14-21(35)16-6-8-17(9-7-16)24(30)33-40)27(37)34-12-10-18(11-13-34)41-26(28(38)39)32-25(36)23-22(29)19-4-2-3-5-20(19)31-23/h2-9,15,18,26,31,40H,10-14,29H2,1H3,(H2,30,33)(H,32,36)(H,38,39). The summed E-state index contributed by atoms with van der Waals surface area (Å²) in [5.41, 5.74) is 13.4. The summed E-state index contributed by atoms with van der Waals surface area (Å²) < 4.78 is 5.69. The number of benzene rings is 2. The topological polar surface area (TPSA) is 213 Å². The number of amides is 2. The molecule has 0 radical (unpaired) electrons. The van der Waals surface area contributed by atoms with Gasteiger partial charge in [0.1, 0.15) is 5.69 Å². The van der Waals surface area contributed by atoms with Gasteiger partial charge < -0.3 is 41.7 Å². The number of aromatic amines is 1. The Kier molecular flexibility index (Phi) is 8.87. The Balaban J connectivity index is 1.28. The molecule has 4 rings (SSSR count). The van der Waals surface area contributed by atoms with Crippen molar-refractivity contribution in [2.75, 3.05) is 18.8 Å². The minimum atomic E-state index is -1.61. The molecule has 2 unspecified atom stereocenters. The maximum atomic E-state index is 13.0. The van der Waals surface area contributed by atoms with Crippen molar-refractivity contribution in [3.63, 3.8) is 0 Å². The average molecular weight is 565 g/mol. The van der Waals surface area contributed by atoms with Gasteiger partial charge in [0, 0.05) is 47.5 Å². The Hall–Kier alpha value is -4.91. The molecule has 0 saturated carbocycles. The van der Waals surface area contributed by atoms with Crippen LogP contribution in [0.25, 0.3) is 10.9 Å². The van der Waals surface area contributed by atoms with Gasteiger partial charge in [-0.1, -0.05) is 54.5 Å². The fourth-order valence-corrected chi connectivity index (χ4v) is 4.77. The molecule has 13 heteroatoms. The quantitative estimate of drug-likeness (QED) is 0.0529. The lowest BCUT2D eigenvalue weighted by molar-refractivity contribution is -0.159. The molecule has 1 saturated heterocycles. The molecule has 2 aromatic carbocycles. The molecule has 2 amide bonds. The number of ketones is 1. The van der Waals surface area contributed by atoms with Gasteiger partial charge in [-0.05, 0) is 18.9 Å². The lowest BCUT2D eigenvalue weighted by Gasteiger charge is -2.34. The highest BCUT2D eigenvalue weighted by atomic mass is 16.5. The number of nitrogens with two attached hydrogens (primary N) is 2. The highest BCUT2D eigenvalue weighted by Gasteiger charge is 2.32. The molecule has 3 aromatic rings. The molecule has 1 aromatic heterocycles. The van der Waals surface area contributed by atoms with Crippen LogP contribution in [-0.4, -0.2) is 75.0 Å². The van der Waals surface area contributed by atoms with Crippen molar-refractivity contribution in [2.45, 2.75) is 38.5 Å². The molecule has 0 spiro atoms. The van der Waals surface area contributed by atoms with Crippen molar-refractivity contribution in [1.29, 1.82) is 0 Å². The number of hydrogen-bond acceptors (Lipinski definition) is 8. The fraction of sp³-hybridized carbons (Fsp3) is 0.321. The summed E-state index contributed by atoms with van der Waals surface area (Å²) in [6, 6.07) is 13.3. The molecule has 13 nitrogen and oxygen atoms in total. The van der Waals surface area contributed by atoms with Gasteiger partial charge in [-0.15, -0.1) is 0 Å². The van der Waals surface area contributed by atoms with Crippen LogP contribution in [0.1, 0.15) is 52.6 Å². The number of para-hydroxylation sites is 1. The molecule has 1 fully saturated rings. The second-order valence-corrected chi connectivity index (χ2v) is 9.90. The SMILES string of the molecule is CC(CC(=O)c1ccc(/C(N)=N/O)cc1)C(=O)N1CCC(OC(NC(=O)c2[nH]c3ccccc3c2N)C(=O)O)CC1. The molecule has 1 aliphatic heterocycles. The fourth-order valence-electron chi connectivity index (χ4n) is 4.77. The first-order valence-electron chi connectivity index (χ1n) is 13.0. The maximum absolute atomic E-state index is 13.0. The number of Topliss-reactive ketones (excluding diaryl/α,β-unsaturated/α-hetero) is 1. The van der Waals surface area contributed by atoms with Gasteiger partial charge in [-0.3, -0.25) is 14.4 Å². The lowest BCUT2D eigenvalue weighted by Crippen LogP contribution is -2.48. The number of piperidine rings is 1. The number of aromatic nitrogens is 1. The van der Waals surface area contributed by atoms with Crippen LogP contribution in [0.5, 0.6) is 0 Å². The Morgan fingerprint density at radius 3 is 2.34 bits per heavy atom. The van der Waals surface area contributed by atoms with Crippen LogP contribution in [-0.2, 0) is 14.3 Å². The van der Waals surface area contributed by atoms with Crippen molar-refractivity contribution in [2.24, 2.45) is 16.8 Å². The predicted octanol–water partition coefficient (Wildman–Crippen LogP) is 1.90. The molecule has 0 bridgehead atoms. The molecular weight excluding hydrogens is 532 g/mol. The normalized spacial score (nSPS) is 15.8. The number of likely N-dealkylation sites (tertiary alicyclic amines) is 1. The highest BCUT2D eigenvalue weighted by molar-refractivity contribution is 6.08. The molecule has 2 heterocycles. The number of anilines is 1. The van der Waals surface area contributed by atoms with Crippen LogP contribution in [0.15, 0.2) is 53.7 Å². The molecule has 41 heavy (non-hydrogen) atoms. The zero-order chi connectivity index (χ0) is 29.7. The number of nitrogens with zero attached hydrogens (tertiary/aromatic N) is 2. The number of fused-ring (bicyclic) bond motifs is 1. The first-order chi connectivity index (χ1) is 19.6. The summed E-state index contributed by atoms with van der Waals surface area (Å²) in [4.78, 5) is 54.9. The second-order valence-electron chi connectivity index (χ2n) is 9.90. The Morgan fingerprint density at radius 2 is 1.73 bits per heavy atom. The number of H-pyrrole nitrogens is 1. The lowest BCUT2D eigenvalue weighted by atomic mass is 9.96. The number of nitrogens with one attached hydrogen (secondary N) is 2. The molecule has 1 aliphatic rings. The Labute approximate surface area is 235 Å².